The molecule has 3 nitrogen and oxygen atoms in total. The molecule has 1 fully saturated rings. The van der Waals surface area contributed by atoms with Gasteiger partial charge in [0.1, 0.15) is 6.10 Å². The van der Waals surface area contributed by atoms with Crippen LogP contribution in [0.5, 0.6) is 5.88 Å². The number of pyridine rings is 1. The molecule has 0 bridgehead atoms. The molecule has 0 atom stereocenters. The Labute approximate surface area is 90.7 Å². The number of rotatable bonds is 4. The van der Waals surface area contributed by atoms with E-state index in [0.717, 1.165) is 31.6 Å². The number of nitrogens with two attached hydrogens (primary N) is 1. The minimum absolute atomic E-state index is 0.282. The van der Waals surface area contributed by atoms with Crippen LogP contribution in [0.2, 0.25) is 0 Å². The van der Waals surface area contributed by atoms with Crippen molar-refractivity contribution in [1.82, 2.24) is 4.98 Å². The Morgan fingerprint density at radius 3 is 2.80 bits per heavy atom. The van der Waals surface area contributed by atoms with Gasteiger partial charge in [0.05, 0.1) is 0 Å². The monoisotopic (exact) mass is 206 g/mol. The third-order valence-electron chi connectivity index (χ3n) is 2.75. The Morgan fingerprint density at radius 2 is 2.27 bits per heavy atom. The maximum atomic E-state index is 5.69. The lowest BCUT2D eigenvalue weighted by Crippen LogP contribution is -2.43. The molecule has 0 aliphatic heterocycles. The molecule has 3 heteroatoms. The third kappa shape index (κ3) is 2.69. The van der Waals surface area contributed by atoms with Crippen LogP contribution >= 0.6 is 0 Å². The van der Waals surface area contributed by atoms with Crippen molar-refractivity contribution in [2.24, 2.45) is 5.73 Å². The Bertz CT molecular complexity index is 304. The molecule has 0 spiro atoms. The summed E-state index contributed by atoms with van der Waals surface area (Å²) in [5.74, 6) is 0.728. The largest absolute Gasteiger partial charge is 0.474 e. The summed E-state index contributed by atoms with van der Waals surface area (Å²) in [5.41, 5.74) is 6.96. The van der Waals surface area contributed by atoms with Crippen LogP contribution in [0.3, 0.4) is 0 Å². The number of aromatic nitrogens is 1. The van der Waals surface area contributed by atoms with Crippen molar-refractivity contribution >= 4 is 0 Å². The van der Waals surface area contributed by atoms with E-state index in [4.69, 9.17) is 10.5 Å². The third-order valence-corrected chi connectivity index (χ3v) is 2.75. The molecule has 1 aromatic heterocycles. The van der Waals surface area contributed by atoms with E-state index in [9.17, 15) is 0 Å². The van der Waals surface area contributed by atoms with Crippen molar-refractivity contribution in [3.05, 3.63) is 23.9 Å². The topological polar surface area (TPSA) is 48.1 Å². The second kappa shape index (κ2) is 4.62. The van der Waals surface area contributed by atoms with Crippen molar-refractivity contribution in [1.29, 1.82) is 0 Å². The van der Waals surface area contributed by atoms with Gasteiger partial charge in [0, 0.05) is 18.3 Å². The molecule has 1 aliphatic carbocycles. The van der Waals surface area contributed by atoms with E-state index in [2.05, 4.69) is 18.0 Å². The van der Waals surface area contributed by atoms with Gasteiger partial charge in [-0.25, -0.2) is 4.98 Å². The molecule has 0 aromatic carbocycles. The highest BCUT2D eigenvalue weighted by Crippen LogP contribution is 2.23. The molecule has 2 N–H and O–H groups in total. The average molecular weight is 206 g/mol. The molecule has 15 heavy (non-hydrogen) atoms. The first kappa shape index (κ1) is 10.4. The van der Waals surface area contributed by atoms with Gasteiger partial charge in [-0.2, -0.15) is 0 Å². The highest BCUT2D eigenvalue weighted by molar-refractivity contribution is 5.18. The summed E-state index contributed by atoms with van der Waals surface area (Å²) in [4.78, 5) is 4.28. The fourth-order valence-electron chi connectivity index (χ4n) is 1.79. The normalized spacial score (nSPS) is 24.7. The van der Waals surface area contributed by atoms with E-state index in [1.165, 1.54) is 5.56 Å². The van der Waals surface area contributed by atoms with E-state index >= 15 is 0 Å². The Morgan fingerprint density at radius 1 is 1.47 bits per heavy atom. The van der Waals surface area contributed by atoms with E-state index in [1.54, 1.807) is 0 Å². The second-order valence-electron chi connectivity index (χ2n) is 4.23. The molecule has 0 unspecified atom stereocenters. The van der Waals surface area contributed by atoms with Crippen LogP contribution in [-0.2, 0) is 6.42 Å². The molecular weight excluding hydrogens is 188 g/mol. The number of hydrogen-bond acceptors (Lipinski definition) is 3. The summed E-state index contributed by atoms with van der Waals surface area (Å²) in [5, 5.41) is 0. The predicted molar refractivity (Wildman–Crippen MR) is 59.9 cm³/mol. The lowest BCUT2D eigenvalue weighted by atomic mass is 9.90. The van der Waals surface area contributed by atoms with Crippen LogP contribution in [0, 0.1) is 0 Å². The summed E-state index contributed by atoms with van der Waals surface area (Å²) in [7, 11) is 0. The molecule has 82 valence electrons. The second-order valence-corrected chi connectivity index (χ2v) is 4.23. The average Bonchev–Trinajstić information content (AvgIpc) is 2.19. The zero-order valence-corrected chi connectivity index (χ0v) is 9.15. The van der Waals surface area contributed by atoms with E-state index < -0.39 is 0 Å². The van der Waals surface area contributed by atoms with Gasteiger partial charge in [-0.15, -0.1) is 0 Å². The van der Waals surface area contributed by atoms with Gasteiger partial charge in [0.25, 0.3) is 0 Å². The highest BCUT2D eigenvalue weighted by atomic mass is 16.5. The highest BCUT2D eigenvalue weighted by Gasteiger charge is 2.27. The first-order valence-corrected chi connectivity index (χ1v) is 5.65. The van der Waals surface area contributed by atoms with Crippen molar-refractivity contribution in [2.45, 2.75) is 44.8 Å². The number of aryl methyl sites for hydroxylation is 1. The molecule has 2 rings (SSSR count). The van der Waals surface area contributed by atoms with Crippen molar-refractivity contribution < 1.29 is 4.74 Å². The molecule has 1 aliphatic rings. The van der Waals surface area contributed by atoms with Gasteiger partial charge in [-0.05, 0) is 24.8 Å². The van der Waals surface area contributed by atoms with Crippen molar-refractivity contribution in [3.8, 4) is 5.88 Å². The van der Waals surface area contributed by atoms with Crippen LogP contribution in [0.15, 0.2) is 18.3 Å². The molecule has 0 amide bonds. The van der Waals surface area contributed by atoms with Gasteiger partial charge >= 0.3 is 0 Å². The van der Waals surface area contributed by atoms with Gasteiger partial charge in [0.2, 0.25) is 5.88 Å². The number of ether oxygens (including phenoxy) is 1. The summed E-state index contributed by atoms with van der Waals surface area (Å²) in [6.07, 6.45) is 6.33. The summed E-state index contributed by atoms with van der Waals surface area (Å²) >= 11 is 0. The molecule has 1 heterocycles. The summed E-state index contributed by atoms with van der Waals surface area (Å²) in [6, 6.07) is 4.37. The minimum atomic E-state index is 0.282. The van der Waals surface area contributed by atoms with E-state index in [0.29, 0.717) is 6.04 Å². The maximum absolute atomic E-state index is 5.69. The summed E-state index contributed by atoms with van der Waals surface area (Å²) < 4.78 is 5.66. The van der Waals surface area contributed by atoms with Crippen LogP contribution < -0.4 is 10.5 Å². The lowest BCUT2D eigenvalue weighted by molar-refractivity contribution is 0.0958. The smallest absolute Gasteiger partial charge is 0.213 e. The van der Waals surface area contributed by atoms with Crippen molar-refractivity contribution in [3.63, 3.8) is 0 Å². The molecule has 1 aromatic rings. The lowest BCUT2D eigenvalue weighted by Gasteiger charge is -2.32. The molecule has 1 saturated carbocycles. The van der Waals surface area contributed by atoms with E-state index in [-0.39, 0.29) is 6.10 Å². The van der Waals surface area contributed by atoms with Gasteiger partial charge < -0.3 is 10.5 Å². The van der Waals surface area contributed by atoms with Gasteiger partial charge in [-0.3, -0.25) is 0 Å². The minimum Gasteiger partial charge on any atom is -0.474 e. The fourth-order valence-corrected chi connectivity index (χ4v) is 1.79. The first-order chi connectivity index (χ1) is 7.28. The Kier molecular flexibility index (Phi) is 3.21. The van der Waals surface area contributed by atoms with E-state index in [1.807, 2.05) is 12.3 Å². The fraction of sp³-hybridized carbons (Fsp3) is 0.583. The van der Waals surface area contributed by atoms with Crippen molar-refractivity contribution in [2.75, 3.05) is 0 Å². The zero-order valence-electron chi connectivity index (χ0n) is 9.15. The quantitative estimate of drug-likeness (QED) is 0.818. The van der Waals surface area contributed by atoms with Gasteiger partial charge in [-0.1, -0.05) is 19.4 Å². The number of hydrogen-bond donors (Lipinski definition) is 1. The standard InChI is InChI=1S/C12H18N2O/c1-2-3-9-4-5-12(14-8-9)15-11-6-10(13)7-11/h4-5,8,10-11H,2-3,6-7,13H2,1H3/t10-,11-. The molecular formula is C12H18N2O. The van der Waals surface area contributed by atoms with Crippen LogP contribution in [0.1, 0.15) is 31.7 Å². The maximum Gasteiger partial charge on any atom is 0.213 e. The predicted octanol–water partition coefficient (Wildman–Crippen LogP) is 1.90. The van der Waals surface area contributed by atoms with Gasteiger partial charge in [0.15, 0.2) is 0 Å². The SMILES string of the molecule is CCCc1ccc(O[C@H]2C[C@H](N)C2)nc1. The van der Waals surface area contributed by atoms with Crippen LogP contribution in [-0.4, -0.2) is 17.1 Å². The zero-order chi connectivity index (χ0) is 10.7. The molecule has 0 radical (unpaired) electrons. The molecule has 0 saturated heterocycles. The first-order valence-electron chi connectivity index (χ1n) is 5.65. The Hall–Kier alpha value is -1.09. The van der Waals surface area contributed by atoms with Crippen LogP contribution in [0.25, 0.3) is 0 Å². The number of nitrogens with zero attached hydrogens (tertiary/aromatic N) is 1. The Balaban J connectivity index is 1.87. The summed E-state index contributed by atoms with van der Waals surface area (Å²) in [6.45, 7) is 2.17. The van der Waals surface area contributed by atoms with Crippen LogP contribution in [0.4, 0.5) is 0 Å².